The van der Waals surface area contributed by atoms with Gasteiger partial charge in [-0.15, -0.1) is 0 Å². The van der Waals surface area contributed by atoms with Crippen molar-refractivity contribution in [2.45, 2.75) is 52.7 Å². The molecule has 1 saturated carbocycles. The van der Waals surface area contributed by atoms with Crippen molar-refractivity contribution in [1.82, 2.24) is 4.57 Å². The van der Waals surface area contributed by atoms with E-state index >= 15 is 0 Å². The van der Waals surface area contributed by atoms with Gasteiger partial charge in [-0.05, 0) is 42.6 Å². The van der Waals surface area contributed by atoms with Gasteiger partial charge in [0.05, 0.1) is 6.10 Å². The lowest BCUT2D eigenvalue weighted by Gasteiger charge is -2.34. The van der Waals surface area contributed by atoms with E-state index in [-0.39, 0.29) is 11.5 Å². The predicted molar refractivity (Wildman–Crippen MR) is 68.8 cm³/mol. The molecular formula is C15H23NO. The molecule has 1 N–H and O–H groups in total. The molecule has 0 spiro atoms. The number of fused-ring (bicyclic) bond motifs is 1. The van der Waals surface area contributed by atoms with Gasteiger partial charge in [0.25, 0.3) is 0 Å². The third-order valence-electron chi connectivity index (χ3n) is 4.57. The highest BCUT2D eigenvalue weighted by Gasteiger charge is 2.36. The summed E-state index contributed by atoms with van der Waals surface area (Å²) in [5, 5.41) is 10.2. The molecule has 1 fully saturated rings. The van der Waals surface area contributed by atoms with Crippen LogP contribution in [0.5, 0.6) is 0 Å². The van der Waals surface area contributed by atoms with Crippen molar-refractivity contribution in [3.63, 3.8) is 0 Å². The fourth-order valence-corrected chi connectivity index (χ4v) is 3.27. The molecular weight excluding hydrogens is 210 g/mol. The van der Waals surface area contributed by atoms with E-state index in [0.29, 0.717) is 0 Å². The van der Waals surface area contributed by atoms with E-state index in [2.05, 4.69) is 37.6 Å². The van der Waals surface area contributed by atoms with Crippen LogP contribution in [0.15, 0.2) is 12.3 Å². The zero-order valence-electron chi connectivity index (χ0n) is 11.1. The number of aliphatic hydroxyl groups is 1. The molecule has 3 unspecified atom stereocenters. The number of nitrogens with zero attached hydrogens (tertiary/aromatic N) is 1. The van der Waals surface area contributed by atoms with Crippen LogP contribution in [0.2, 0.25) is 0 Å². The third-order valence-corrected chi connectivity index (χ3v) is 4.57. The zero-order valence-corrected chi connectivity index (χ0v) is 11.1. The van der Waals surface area contributed by atoms with Gasteiger partial charge in [-0.1, -0.05) is 20.8 Å². The minimum absolute atomic E-state index is 0.234. The second-order valence-electron chi connectivity index (χ2n) is 6.90. The second kappa shape index (κ2) is 3.61. The molecule has 2 heteroatoms. The van der Waals surface area contributed by atoms with E-state index in [1.54, 1.807) is 0 Å². The monoisotopic (exact) mass is 233 g/mol. The third kappa shape index (κ3) is 2.03. The Morgan fingerprint density at radius 1 is 1.47 bits per heavy atom. The molecule has 17 heavy (non-hydrogen) atoms. The van der Waals surface area contributed by atoms with E-state index in [1.165, 1.54) is 17.7 Å². The van der Waals surface area contributed by atoms with Crippen molar-refractivity contribution in [2.75, 3.05) is 0 Å². The molecule has 0 aliphatic heterocycles. The van der Waals surface area contributed by atoms with Crippen molar-refractivity contribution < 1.29 is 5.11 Å². The predicted octanol–water partition coefficient (Wildman–Crippen LogP) is 3.15. The van der Waals surface area contributed by atoms with Gasteiger partial charge in [0.1, 0.15) is 0 Å². The van der Waals surface area contributed by atoms with E-state index in [1.807, 2.05) is 0 Å². The Labute approximate surface area is 104 Å². The summed E-state index contributed by atoms with van der Waals surface area (Å²) in [7, 11) is 0. The first-order valence-corrected chi connectivity index (χ1v) is 6.82. The van der Waals surface area contributed by atoms with Crippen molar-refractivity contribution in [2.24, 2.45) is 17.3 Å². The van der Waals surface area contributed by atoms with Crippen LogP contribution in [0.3, 0.4) is 0 Å². The Hall–Kier alpha value is -0.760. The lowest BCUT2D eigenvalue weighted by Crippen LogP contribution is -2.27. The van der Waals surface area contributed by atoms with Gasteiger partial charge < -0.3 is 9.67 Å². The van der Waals surface area contributed by atoms with Gasteiger partial charge in [-0.2, -0.15) is 0 Å². The first-order chi connectivity index (χ1) is 7.96. The number of hydrogen-bond donors (Lipinski definition) is 1. The summed E-state index contributed by atoms with van der Waals surface area (Å²) in [6, 6.07) is 2.13. The molecule has 3 rings (SSSR count). The van der Waals surface area contributed by atoms with E-state index in [0.717, 1.165) is 31.2 Å². The average molecular weight is 233 g/mol. The highest BCUT2D eigenvalue weighted by molar-refractivity contribution is 5.29. The topological polar surface area (TPSA) is 25.2 Å². The first kappa shape index (κ1) is 11.3. The molecule has 1 heterocycles. The smallest absolute Gasteiger partial charge is 0.0812 e. The molecule has 0 amide bonds. The highest BCUT2D eigenvalue weighted by atomic mass is 16.3. The summed E-state index contributed by atoms with van der Waals surface area (Å²) in [5.41, 5.74) is 2.79. The maximum absolute atomic E-state index is 10.2. The van der Waals surface area contributed by atoms with Gasteiger partial charge in [0, 0.05) is 24.0 Å². The fraction of sp³-hybridized carbons (Fsp3) is 0.733. The van der Waals surface area contributed by atoms with Gasteiger partial charge in [0.15, 0.2) is 0 Å². The van der Waals surface area contributed by atoms with Crippen LogP contribution >= 0.6 is 0 Å². The minimum Gasteiger partial charge on any atom is -0.388 e. The molecule has 0 aromatic carbocycles. The van der Waals surface area contributed by atoms with Gasteiger partial charge in [-0.25, -0.2) is 0 Å². The Bertz CT molecular complexity index is 432. The highest BCUT2D eigenvalue weighted by Crippen LogP contribution is 2.43. The Balaban J connectivity index is 1.87. The lowest BCUT2D eigenvalue weighted by atomic mass is 9.75. The summed E-state index contributed by atoms with van der Waals surface area (Å²) in [6.45, 7) is 8.01. The van der Waals surface area contributed by atoms with Crippen LogP contribution in [-0.2, 0) is 13.0 Å². The van der Waals surface area contributed by atoms with E-state index in [9.17, 15) is 5.11 Å². The van der Waals surface area contributed by atoms with Crippen LogP contribution in [0.25, 0.3) is 0 Å². The number of aliphatic hydroxyl groups excluding tert-OH is 1. The van der Waals surface area contributed by atoms with Crippen molar-refractivity contribution in [3.05, 3.63) is 23.5 Å². The molecule has 3 atom stereocenters. The summed E-state index contributed by atoms with van der Waals surface area (Å²) in [4.78, 5) is 0. The van der Waals surface area contributed by atoms with Crippen molar-refractivity contribution in [1.29, 1.82) is 0 Å². The van der Waals surface area contributed by atoms with Crippen LogP contribution in [0, 0.1) is 17.3 Å². The fourth-order valence-electron chi connectivity index (χ4n) is 3.27. The van der Waals surface area contributed by atoms with Crippen LogP contribution in [0.1, 0.15) is 51.0 Å². The van der Waals surface area contributed by atoms with Gasteiger partial charge >= 0.3 is 0 Å². The molecule has 2 aliphatic carbocycles. The molecule has 2 nitrogen and oxygen atoms in total. The molecule has 0 radical (unpaired) electrons. The van der Waals surface area contributed by atoms with Crippen LogP contribution < -0.4 is 0 Å². The van der Waals surface area contributed by atoms with E-state index in [4.69, 9.17) is 0 Å². The Kier molecular flexibility index (Phi) is 2.41. The second-order valence-corrected chi connectivity index (χ2v) is 6.90. The van der Waals surface area contributed by atoms with Gasteiger partial charge in [0.2, 0.25) is 0 Å². The maximum Gasteiger partial charge on any atom is 0.0812 e. The summed E-state index contributed by atoms with van der Waals surface area (Å²) in [6.07, 6.45) is 5.29. The zero-order chi connectivity index (χ0) is 12.2. The number of aromatic nitrogens is 1. The molecule has 2 aliphatic rings. The summed E-state index contributed by atoms with van der Waals surface area (Å²) >= 11 is 0. The SMILES string of the molecule is CC1CC1Cn1ccc2c1CC(C)(C)CC2O. The average Bonchev–Trinajstić information content (AvgIpc) is 2.73. The summed E-state index contributed by atoms with van der Waals surface area (Å²) in [5.74, 6) is 1.77. The largest absolute Gasteiger partial charge is 0.388 e. The van der Waals surface area contributed by atoms with Crippen molar-refractivity contribution >= 4 is 0 Å². The Morgan fingerprint density at radius 2 is 2.18 bits per heavy atom. The minimum atomic E-state index is -0.258. The van der Waals surface area contributed by atoms with Crippen LogP contribution in [0.4, 0.5) is 0 Å². The normalized spacial score (nSPS) is 34.5. The van der Waals surface area contributed by atoms with E-state index < -0.39 is 0 Å². The quantitative estimate of drug-likeness (QED) is 0.834. The number of rotatable bonds is 2. The van der Waals surface area contributed by atoms with Crippen molar-refractivity contribution in [3.8, 4) is 0 Å². The number of hydrogen-bond acceptors (Lipinski definition) is 1. The summed E-state index contributed by atoms with van der Waals surface area (Å²) < 4.78 is 2.40. The van der Waals surface area contributed by atoms with Gasteiger partial charge in [-0.3, -0.25) is 0 Å². The molecule has 1 aromatic rings. The standard InChI is InChI=1S/C15H23NO/c1-10-6-11(10)9-16-5-4-12-13(16)7-15(2,3)8-14(12)17/h4-5,10-11,14,17H,6-9H2,1-3H3. The lowest BCUT2D eigenvalue weighted by molar-refractivity contribution is 0.0978. The molecule has 0 saturated heterocycles. The molecule has 0 bridgehead atoms. The molecule has 1 aromatic heterocycles. The Morgan fingerprint density at radius 3 is 2.82 bits per heavy atom. The first-order valence-electron chi connectivity index (χ1n) is 6.82. The maximum atomic E-state index is 10.2. The molecule has 94 valence electrons. The van der Waals surface area contributed by atoms with Crippen LogP contribution in [-0.4, -0.2) is 9.67 Å².